The van der Waals surface area contributed by atoms with E-state index >= 15 is 0 Å². The molecule has 0 saturated heterocycles. The SMILES string of the molecule is C#CCn1c(Cc2ccccc2)nc2sc(-c3ccccc3)cc2c1=O. The van der Waals surface area contributed by atoms with Gasteiger partial charge in [-0.25, -0.2) is 4.98 Å². The van der Waals surface area contributed by atoms with Crippen LogP contribution < -0.4 is 5.56 Å². The number of hydrogen-bond acceptors (Lipinski definition) is 3. The van der Waals surface area contributed by atoms with Gasteiger partial charge >= 0.3 is 0 Å². The largest absolute Gasteiger partial charge is 0.284 e. The van der Waals surface area contributed by atoms with Crippen LogP contribution in [0.2, 0.25) is 0 Å². The molecule has 0 fully saturated rings. The van der Waals surface area contributed by atoms with Crippen LogP contribution in [-0.2, 0) is 13.0 Å². The third kappa shape index (κ3) is 3.05. The number of nitrogens with zero attached hydrogens (tertiary/aromatic N) is 2. The Balaban J connectivity index is 1.87. The Morgan fingerprint density at radius 1 is 1.04 bits per heavy atom. The normalized spacial score (nSPS) is 10.7. The number of hydrogen-bond donors (Lipinski definition) is 0. The van der Waals surface area contributed by atoms with Gasteiger partial charge in [0.2, 0.25) is 0 Å². The first-order valence-corrected chi connectivity index (χ1v) is 9.14. The lowest BCUT2D eigenvalue weighted by atomic mass is 10.1. The van der Waals surface area contributed by atoms with Gasteiger partial charge in [0.1, 0.15) is 10.7 Å². The van der Waals surface area contributed by atoms with E-state index in [1.807, 2.05) is 66.7 Å². The van der Waals surface area contributed by atoms with Crippen LogP contribution in [0.1, 0.15) is 11.4 Å². The molecule has 4 rings (SSSR count). The summed E-state index contributed by atoms with van der Waals surface area (Å²) in [5.74, 6) is 3.28. The van der Waals surface area contributed by atoms with Gasteiger partial charge < -0.3 is 0 Å². The van der Waals surface area contributed by atoms with Crippen LogP contribution in [0.15, 0.2) is 71.5 Å². The quantitative estimate of drug-likeness (QED) is 0.510. The van der Waals surface area contributed by atoms with E-state index in [-0.39, 0.29) is 12.1 Å². The summed E-state index contributed by atoms with van der Waals surface area (Å²) in [5.41, 5.74) is 2.12. The highest BCUT2D eigenvalue weighted by molar-refractivity contribution is 7.21. The number of rotatable bonds is 4. The Bertz CT molecular complexity index is 1150. The monoisotopic (exact) mass is 356 g/mol. The van der Waals surface area contributed by atoms with Gasteiger partial charge in [-0.3, -0.25) is 9.36 Å². The zero-order chi connectivity index (χ0) is 17.9. The number of aromatic nitrogens is 2. The number of benzene rings is 2. The van der Waals surface area contributed by atoms with Crippen LogP contribution in [0, 0.1) is 12.3 Å². The van der Waals surface area contributed by atoms with E-state index in [2.05, 4.69) is 5.92 Å². The fourth-order valence-electron chi connectivity index (χ4n) is 2.97. The van der Waals surface area contributed by atoms with Crippen molar-refractivity contribution in [1.82, 2.24) is 9.55 Å². The van der Waals surface area contributed by atoms with E-state index in [1.165, 1.54) is 11.3 Å². The zero-order valence-corrected chi connectivity index (χ0v) is 14.9. The lowest BCUT2D eigenvalue weighted by Crippen LogP contribution is -2.24. The molecular weight excluding hydrogens is 340 g/mol. The Morgan fingerprint density at radius 2 is 1.73 bits per heavy atom. The van der Waals surface area contributed by atoms with Crippen LogP contribution >= 0.6 is 11.3 Å². The van der Waals surface area contributed by atoms with Crippen molar-refractivity contribution in [2.45, 2.75) is 13.0 Å². The molecule has 4 aromatic rings. The lowest BCUT2D eigenvalue weighted by Gasteiger charge is -2.09. The summed E-state index contributed by atoms with van der Waals surface area (Å²) < 4.78 is 1.61. The average molecular weight is 356 g/mol. The van der Waals surface area contributed by atoms with Gasteiger partial charge in [-0.1, -0.05) is 66.6 Å². The van der Waals surface area contributed by atoms with Gasteiger partial charge in [0.15, 0.2) is 0 Å². The topological polar surface area (TPSA) is 34.9 Å². The first-order valence-electron chi connectivity index (χ1n) is 8.32. The smallest absolute Gasteiger partial charge is 0.263 e. The summed E-state index contributed by atoms with van der Waals surface area (Å²) >= 11 is 1.54. The number of terminal acetylenes is 1. The van der Waals surface area contributed by atoms with E-state index in [1.54, 1.807) is 4.57 Å². The van der Waals surface area contributed by atoms with E-state index in [4.69, 9.17) is 11.4 Å². The Labute approximate surface area is 155 Å². The third-order valence-electron chi connectivity index (χ3n) is 4.24. The Hall–Kier alpha value is -3.16. The van der Waals surface area contributed by atoms with Crippen molar-refractivity contribution in [2.24, 2.45) is 0 Å². The molecule has 0 unspecified atom stereocenters. The molecule has 2 heterocycles. The van der Waals surface area contributed by atoms with E-state index in [0.29, 0.717) is 17.6 Å². The average Bonchev–Trinajstić information content (AvgIpc) is 3.11. The molecule has 0 spiro atoms. The van der Waals surface area contributed by atoms with Gasteiger partial charge in [-0.15, -0.1) is 17.8 Å². The molecule has 0 saturated carbocycles. The minimum Gasteiger partial charge on any atom is -0.284 e. The van der Waals surface area contributed by atoms with Crippen LogP contribution in [-0.4, -0.2) is 9.55 Å². The summed E-state index contributed by atoms with van der Waals surface area (Å²) in [4.78, 5) is 19.6. The molecule has 26 heavy (non-hydrogen) atoms. The van der Waals surface area contributed by atoms with Gasteiger partial charge in [-0.2, -0.15) is 0 Å². The maximum absolute atomic E-state index is 13.0. The second kappa shape index (κ2) is 6.99. The molecule has 4 heteroatoms. The fraction of sp³-hybridized carbons (Fsp3) is 0.0909. The fourth-order valence-corrected chi connectivity index (χ4v) is 4.02. The van der Waals surface area contributed by atoms with Crippen molar-refractivity contribution in [2.75, 3.05) is 0 Å². The molecule has 0 N–H and O–H groups in total. The van der Waals surface area contributed by atoms with Crippen molar-refractivity contribution in [1.29, 1.82) is 0 Å². The van der Waals surface area contributed by atoms with E-state index in [9.17, 15) is 4.79 Å². The van der Waals surface area contributed by atoms with Gasteiger partial charge in [0.05, 0.1) is 11.9 Å². The molecule has 0 aliphatic carbocycles. The minimum absolute atomic E-state index is 0.0719. The number of fused-ring (bicyclic) bond motifs is 1. The molecule has 126 valence electrons. The van der Waals surface area contributed by atoms with Crippen LogP contribution in [0.5, 0.6) is 0 Å². The first kappa shape index (κ1) is 16.3. The highest BCUT2D eigenvalue weighted by Crippen LogP contribution is 2.31. The molecule has 0 bridgehead atoms. The second-order valence-corrected chi connectivity index (χ2v) is 7.01. The predicted octanol–water partition coefficient (Wildman–Crippen LogP) is 4.35. The highest BCUT2D eigenvalue weighted by Gasteiger charge is 2.14. The standard InChI is InChI=1S/C22H16N2OS/c1-2-13-24-20(14-16-9-5-3-6-10-16)23-21-18(22(24)25)15-19(26-21)17-11-7-4-8-12-17/h1,3-12,15H,13-14H2. The lowest BCUT2D eigenvalue weighted by molar-refractivity contribution is 0.720. The molecule has 0 atom stereocenters. The molecule has 3 nitrogen and oxygen atoms in total. The summed E-state index contributed by atoms with van der Waals surface area (Å²) in [6.07, 6.45) is 6.07. The molecule has 2 aromatic carbocycles. The summed E-state index contributed by atoms with van der Waals surface area (Å²) in [5, 5.41) is 0.626. The molecular formula is C22H16N2OS. The van der Waals surface area contributed by atoms with Crippen LogP contribution in [0.3, 0.4) is 0 Å². The van der Waals surface area contributed by atoms with E-state index < -0.39 is 0 Å². The van der Waals surface area contributed by atoms with Crippen molar-refractivity contribution in [3.05, 3.63) is 88.5 Å². The second-order valence-electron chi connectivity index (χ2n) is 5.98. The molecule has 0 radical (unpaired) electrons. The summed E-state index contributed by atoms with van der Waals surface area (Å²) in [6, 6.07) is 21.9. The van der Waals surface area contributed by atoms with Crippen molar-refractivity contribution in [3.63, 3.8) is 0 Å². The van der Waals surface area contributed by atoms with E-state index in [0.717, 1.165) is 20.8 Å². The predicted molar refractivity (Wildman–Crippen MR) is 107 cm³/mol. The summed E-state index contributed by atoms with van der Waals surface area (Å²) in [6.45, 7) is 0.223. The van der Waals surface area contributed by atoms with Crippen molar-refractivity contribution >= 4 is 21.6 Å². The maximum atomic E-state index is 13.0. The van der Waals surface area contributed by atoms with Gasteiger partial charge in [0.25, 0.3) is 5.56 Å². The van der Waals surface area contributed by atoms with Gasteiger partial charge in [0, 0.05) is 11.3 Å². The first-order chi connectivity index (χ1) is 12.8. The Kier molecular flexibility index (Phi) is 4.39. The minimum atomic E-state index is -0.0719. The van der Waals surface area contributed by atoms with Crippen LogP contribution in [0.4, 0.5) is 0 Å². The third-order valence-corrected chi connectivity index (χ3v) is 5.32. The molecule has 0 amide bonds. The van der Waals surface area contributed by atoms with Gasteiger partial charge in [-0.05, 0) is 17.2 Å². The molecule has 0 aliphatic rings. The maximum Gasteiger partial charge on any atom is 0.263 e. The van der Waals surface area contributed by atoms with Crippen molar-refractivity contribution < 1.29 is 0 Å². The zero-order valence-electron chi connectivity index (χ0n) is 14.1. The molecule has 0 aliphatic heterocycles. The highest BCUT2D eigenvalue weighted by atomic mass is 32.1. The summed E-state index contributed by atoms with van der Waals surface area (Å²) in [7, 11) is 0. The van der Waals surface area contributed by atoms with Crippen molar-refractivity contribution in [3.8, 4) is 22.8 Å². The van der Waals surface area contributed by atoms with Crippen LogP contribution in [0.25, 0.3) is 20.7 Å². The number of thiophene rings is 1. The Morgan fingerprint density at radius 3 is 2.42 bits per heavy atom. The molecule has 2 aromatic heterocycles.